The zero-order chi connectivity index (χ0) is 8.23. The smallest absolute Gasteiger partial charge is 0.0720 e. The molecule has 1 heteroatoms. The van der Waals surface area contributed by atoms with Gasteiger partial charge in [-0.3, -0.25) is 0 Å². The topological polar surface area (TPSA) is 9.23 Å². The number of rotatable bonds is 3. The largest absolute Gasteiger partial charge is 0.373 e. The van der Waals surface area contributed by atoms with Gasteiger partial charge < -0.3 is 4.74 Å². The molecule has 1 fully saturated rings. The third-order valence-electron chi connectivity index (χ3n) is 2.19. The number of hydrogen-bond donors (Lipinski definition) is 0. The van der Waals surface area contributed by atoms with Gasteiger partial charge in [0.25, 0.3) is 0 Å². The Morgan fingerprint density at radius 3 is 2.58 bits per heavy atom. The Morgan fingerprint density at radius 1 is 1.25 bits per heavy atom. The summed E-state index contributed by atoms with van der Waals surface area (Å²) in [6.45, 7) is 0.752. The molecule has 2 rings (SSSR count). The van der Waals surface area contributed by atoms with Crippen LogP contribution >= 0.6 is 0 Å². The molecule has 1 saturated carbocycles. The van der Waals surface area contributed by atoms with Crippen molar-refractivity contribution in [3.8, 4) is 0 Å². The van der Waals surface area contributed by atoms with Crippen LogP contribution in [0.3, 0.4) is 0 Å². The SMILES string of the molecule is [CH]1CCC1OCc1ccccc1. The summed E-state index contributed by atoms with van der Waals surface area (Å²) >= 11 is 0. The summed E-state index contributed by atoms with van der Waals surface area (Å²) in [4.78, 5) is 0. The molecule has 0 aromatic heterocycles. The van der Waals surface area contributed by atoms with Crippen LogP contribution in [-0.2, 0) is 11.3 Å². The van der Waals surface area contributed by atoms with Gasteiger partial charge in [-0.2, -0.15) is 0 Å². The van der Waals surface area contributed by atoms with Crippen LogP contribution in [0.4, 0.5) is 0 Å². The van der Waals surface area contributed by atoms with Gasteiger partial charge >= 0.3 is 0 Å². The normalized spacial score (nSPS) is 17.3. The van der Waals surface area contributed by atoms with Crippen molar-refractivity contribution in [3.05, 3.63) is 42.3 Å². The monoisotopic (exact) mass is 161 g/mol. The van der Waals surface area contributed by atoms with Crippen LogP contribution in [0.25, 0.3) is 0 Å². The van der Waals surface area contributed by atoms with Gasteiger partial charge in [-0.1, -0.05) is 30.3 Å². The molecule has 63 valence electrons. The maximum Gasteiger partial charge on any atom is 0.0720 e. The molecule has 1 aromatic rings. The summed E-state index contributed by atoms with van der Waals surface area (Å²) in [6, 6.07) is 10.3. The van der Waals surface area contributed by atoms with Crippen molar-refractivity contribution in [2.45, 2.75) is 25.6 Å². The van der Waals surface area contributed by atoms with E-state index in [0.29, 0.717) is 6.10 Å². The first-order valence-corrected chi connectivity index (χ1v) is 4.44. The molecular formula is C11H13O. The highest BCUT2D eigenvalue weighted by molar-refractivity contribution is 5.13. The first-order valence-electron chi connectivity index (χ1n) is 4.44. The van der Waals surface area contributed by atoms with E-state index in [1.54, 1.807) is 0 Å². The van der Waals surface area contributed by atoms with Crippen molar-refractivity contribution in [3.63, 3.8) is 0 Å². The minimum absolute atomic E-state index is 0.421. The van der Waals surface area contributed by atoms with Crippen LogP contribution in [-0.4, -0.2) is 6.10 Å². The average molecular weight is 161 g/mol. The molecule has 0 N–H and O–H groups in total. The number of hydrogen-bond acceptors (Lipinski definition) is 1. The number of ether oxygens (including phenoxy) is 1. The molecule has 1 aromatic carbocycles. The predicted octanol–water partition coefficient (Wildman–Crippen LogP) is 2.57. The summed E-state index contributed by atoms with van der Waals surface area (Å²) in [5, 5.41) is 0. The Morgan fingerprint density at radius 2 is 2.00 bits per heavy atom. The third-order valence-corrected chi connectivity index (χ3v) is 2.19. The van der Waals surface area contributed by atoms with E-state index in [2.05, 4.69) is 18.6 Å². The van der Waals surface area contributed by atoms with Crippen LogP contribution in [0.5, 0.6) is 0 Å². The van der Waals surface area contributed by atoms with Gasteiger partial charge in [-0.25, -0.2) is 0 Å². The van der Waals surface area contributed by atoms with Crippen molar-refractivity contribution in [2.24, 2.45) is 0 Å². The molecule has 0 spiro atoms. The Balaban J connectivity index is 1.79. The summed E-state index contributed by atoms with van der Waals surface area (Å²) in [5.74, 6) is 0. The van der Waals surface area contributed by atoms with E-state index < -0.39 is 0 Å². The molecule has 1 aliphatic rings. The van der Waals surface area contributed by atoms with Crippen molar-refractivity contribution in [1.82, 2.24) is 0 Å². The van der Waals surface area contributed by atoms with E-state index in [-0.39, 0.29) is 0 Å². The number of benzene rings is 1. The Bertz CT molecular complexity index is 226. The van der Waals surface area contributed by atoms with Gasteiger partial charge in [0.2, 0.25) is 0 Å². The summed E-state index contributed by atoms with van der Waals surface area (Å²) in [5.41, 5.74) is 1.26. The van der Waals surface area contributed by atoms with Gasteiger partial charge in [0, 0.05) is 0 Å². The fourth-order valence-corrected chi connectivity index (χ4v) is 1.23. The Labute approximate surface area is 73.4 Å². The zero-order valence-electron chi connectivity index (χ0n) is 7.07. The summed E-state index contributed by atoms with van der Waals surface area (Å²) in [7, 11) is 0. The van der Waals surface area contributed by atoms with E-state index in [4.69, 9.17) is 4.74 Å². The molecule has 0 saturated heterocycles. The molecule has 1 aliphatic carbocycles. The highest BCUT2D eigenvalue weighted by atomic mass is 16.5. The van der Waals surface area contributed by atoms with E-state index in [0.717, 1.165) is 6.61 Å². The average Bonchev–Trinajstić information content (AvgIpc) is 2.04. The second-order valence-electron chi connectivity index (χ2n) is 3.15. The van der Waals surface area contributed by atoms with Crippen LogP contribution in [0.15, 0.2) is 30.3 Å². The molecular weight excluding hydrogens is 148 g/mol. The Kier molecular flexibility index (Phi) is 2.42. The van der Waals surface area contributed by atoms with E-state index >= 15 is 0 Å². The van der Waals surface area contributed by atoms with E-state index in [1.807, 2.05) is 18.2 Å². The van der Waals surface area contributed by atoms with Crippen LogP contribution < -0.4 is 0 Å². The van der Waals surface area contributed by atoms with Gasteiger partial charge in [0.15, 0.2) is 0 Å². The fraction of sp³-hybridized carbons (Fsp3) is 0.364. The third kappa shape index (κ3) is 1.86. The second-order valence-corrected chi connectivity index (χ2v) is 3.15. The lowest BCUT2D eigenvalue weighted by Crippen LogP contribution is -2.22. The van der Waals surface area contributed by atoms with Gasteiger partial charge in [0.05, 0.1) is 12.7 Å². The molecule has 1 nitrogen and oxygen atoms in total. The molecule has 0 amide bonds. The van der Waals surface area contributed by atoms with Crippen molar-refractivity contribution >= 4 is 0 Å². The van der Waals surface area contributed by atoms with Crippen LogP contribution in [0.1, 0.15) is 18.4 Å². The second kappa shape index (κ2) is 3.72. The fourth-order valence-electron chi connectivity index (χ4n) is 1.23. The highest BCUT2D eigenvalue weighted by Crippen LogP contribution is 2.21. The first-order chi connectivity index (χ1) is 5.95. The molecule has 1 unspecified atom stereocenters. The molecule has 1 atom stereocenters. The van der Waals surface area contributed by atoms with E-state index in [1.165, 1.54) is 18.4 Å². The van der Waals surface area contributed by atoms with Crippen molar-refractivity contribution in [2.75, 3.05) is 0 Å². The molecule has 0 heterocycles. The lowest BCUT2D eigenvalue weighted by atomic mass is 9.96. The standard InChI is InChI=1S/C11H13O/c1-2-5-10(6-3-1)9-12-11-7-4-8-11/h1-3,5-7,11H,4,8-9H2. The van der Waals surface area contributed by atoms with Gasteiger partial charge in [-0.05, 0) is 24.8 Å². The maximum absolute atomic E-state index is 5.61. The minimum atomic E-state index is 0.421. The maximum atomic E-state index is 5.61. The van der Waals surface area contributed by atoms with Gasteiger partial charge in [-0.15, -0.1) is 0 Å². The van der Waals surface area contributed by atoms with E-state index in [9.17, 15) is 0 Å². The summed E-state index contributed by atoms with van der Waals surface area (Å²) < 4.78 is 5.61. The molecule has 1 radical (unpaired) electrons. The highest BCUT2D eigenvalue weighted by Gasteiger charge is 2.17. The molecule has 0 bridgehead atoms. The van der Waals surface area contributed by atoms with Gasteiger partial charge in [0.1, 0.15) is 0 Å². The van der Waals surface area contributed by atoms with Crippen molar-refractivity contribution < 1.29 is 4.74 Å². The van der Waals surface area contributed by atoms with Crippen LogP contribution in [0.2, 0.25) is 0 Å². The Hall–Kier alpha value is -0.820. The minimum Gasteiger partial charge on any atom is -0.373 e. The lowest BCUT2D eigenvalue weighted by molar-refractivity contribution is 0.0282. The predicted molar refractivity (Wildman–Crippen MR) is 48.6 cm³/mol. The quantitative estimate of drug-likeness (QED) is 0.662. The van der Waals surface area contributed by atoms with Crippen LogP contribution in [0, 0.1) is 6.42 Å². The van der Waals surface area contributed by atoms with Crippen molar-refractivity contribution in [1.29, 1.82) is 0 Å². The molecule has 12 heavy (non-hydrogen) atoms. The molecule has 0 aliphatic heterocycles. The summed E-state index contributed by atoms with van der Waals surface area (Å²) in [6.07, 6.45) is 5.07. The lowest BCUT2D eigenvalue weighted by Gasteiger charge is -2.25. The first kappa shape index (κ1) is 7.81. The zero-order valence-corrected chi connectivity index (χ0v) is 7.07.